The number of ether oxygens (including phenoxy) is 2. The number of rotatable bonds is 5. The van der Waals surface area contributed by atoms with Crippen LogP contribution in [0.5, 0.6) is 11.5 Å². The first-order valence-corrected chi connectivity index (χ1v) is 9.22. The van der Waals surface area contributed by atoms with E-state index in [0.29, 0.717) is 41.7 Å². The van der Waals surface area contributed by atoms with Gasteiger partial charge in [-0.2, -0.15) is 0 Å². The summed E-state index contributed by atoms with van der Waals surface area (Å²) in [6.07, 6.45) is 0. The summed E-state index contributed by atoms with van der Waals surface area (Å²) < 4.78 is 11.1. The zero-order valence-corrected chi connectivity index (χ0v) is 16.5. The number of anilines is 2. The zero-order valence-electron chi connectivity index (χ0n) is 16.5. The van der Waals surface area contributed by atoms with Gasteiger partial charge in [0, 0.05) is 30.8 Å². The van der Waals surface area contributed by atoms with E-state index in [9.17, 15) is 14.4 Å². The lowest BCUT2D eigenvalue weighted by Gasteiger charge is -2.21. The third-order valence-electron chi connectivity index (χ3n) is 4.25. The molecule has 0 fully saturated rings. The fourth-order valence-corrected chi connectivity index (χ4v) is 3.00. The van der Waals surface area contributed by atoms with E-state index in [-0.39, 0.29) is 23.8 Å². The molecular formula is C21H23N3O5. The molecule has 3 N–H and O–H groups in total. The Kier molecular flexibility index (Phi) is 6.01. The molecule has 0 radical (unpaired) electrons. The van der Waals surface area contributed by atoms with Gasteiger partial charge < -0.3 is 25.4 Å². The maximum atomic E-state index is 12.8. The number of amides is 3. The van der Waals surface area contributed by atoms with Crippen molar-refractivity contribution in [3.05, 3.63) is 47.5 Å². The molecule has 0 spiro atoms. The third-order valence-corrected chi connectivity index (χ3v) is 4.25. The van der Waals surface area contributed by atoms with Crippen LogP contribution in [0.4, 0.5) is 11.4 Å². The highest BCUT2D eigenvalue weighted by atomic mass is 16.6. The zero-order chi connectivity index (χ0) is 21.0. The number of fused-ring (bicyclic) bond motifs is 1. The first-order valence-electron chi connectivity index (χ1n) is 9.22. The molecule has 2 aromatic carbocycles. The van der Waals surface area contributed by atoms with E-state index in [4.69, 9.17) is 9.47 Å². The highest BCUT2D eigenvalue weighted by molar-refractivity contribution is 6.00. The Morgan fingerprint density at radius 2 is 1.45 bits per heavy atom. The summed E-state index contributed by atoms with van der Waals surface area (Å²) in [7, 11) is 0. The lowest BCUT2D eigenvalue weighted by molar-refractivity contribution is -0.115. The quantitative estimate of drug-likeness (QED) is 0.719. The van der Waals surface area contributed by atoms with Crippen LogP contribution in [0.3, 0.4) is 0 Å². The van der Waals surface area contributed by atoms with Crippen molar-refractivity contribution in [1.29, 1.82) is 0 Å². The number of hydrogen-bond donors (Lipinski definition) is 3. The molecular weight excluding hydrogens is 374 g/mol. The minimum absolute atomic E-state index is 0.277. The van der Waals surface area contributed by atoms with Gasteiger partial charge in [-0.3, -0.25) is 14.4 Å². The molecule has 0 saturated carbocycles. The average Bonchev–Trinajstić information content (AvgIpc) is 2.66. The number of benzene rings is 2. The molecule has 0 unspecified atom stereocenters. The average molecular weight is 397 g/mol. The smallest absolute Gasteiger partial charge is 0.251 e. The maximum Gasteiger partial charge on any atom is 0.251 e. The number of carbonyl (C=O) groups is 3. The van der Waals surface area contributed by atoms with Crippen LogP contribution in [0, 0.1) is 0 Å². The lowest BCUT2D eigenvalue weighted by atomic mass is 10.1. The lowest BCUT2D eigenvalue weighted by Crippen LogP contribution is -2.27. The van der Waals surface area contributed by atoms with Crippen LogP contribution in [0.15, 0.2) is 36.4 Å². The molecule has 8 heteroatoms. The van der Waals surface area contributed by atoms with Gasteiger partial charge >= 0.3 is 0 Å². The minimum Gasteiger partial charge on any atom is -0.486 e. The van der Waals surface area contributed by atoms with Crippen molar-refractivity contribution in [2.45, 2.75) is 26.8 Å². The van der Waals surface area contributed by atoms with Gasteiger partial charge in [-0.1, -0.05) is 6.07 Å². The number of hydrogen-bond acceptors (Lipinski definition) is 5. The van der Waals surface area contributed by atoms with Gasteiger partial charge in [0.15, 0.2) is 11.5 Å². The summed E-state index contributed by atoms with van der Waals surface area (Å²) in [4.78, 5) is 35.6. The largest absolute Gasteiger partial charge is 0.486 e. The molecule has 2 aromatic rings. The van der Waals surface area contributed by atoms with Gasteiger partial charge in [0.25, 0.3) is 5.91 Å². The fourth-order valence-electron chi connectivity index (χ4n) is 3.00. The van der Waals surface area contributed by atoms with Crippen LogP contribution in [0.25, 0.3) is 0 Å². The summed E-state index contributed by atoms with van der Waals surface area (Å²) in [5.74, 6) is 0.435. The SMILES string of the molecule is CC(=O)Nc1cc(NC(C)=O)cc(C(=O)N[C@H](C)c2ccc3c(c2)OCCO3)c1. The second-order valence-corrected chi connectivity index (χ2v) is 6.76. The van der Waals surface area contributed by atoms with E-state index in [2.05, 4.69) is 16.0 Å². The second-order valence-electron chi connectivity index (χ2n) is 6.76. The molecule has 1 atom stereocenters. The van der Waals surface area contributed by atoms with E-state index in [1.54, 1.807) is 18.2 Å². The molecule has 0 aromatic heterocycles. The van der Waals surface area contributed by atoms with Crippen LogP contribution in [0.2, 0.25) is 0 Å². The molecule has 29 heavy (non-hydrogen) atoms. The molecule has 3 rings (SSSR count). The Balaban J connectivity index is 1.79. The summed E-state index contributed by atoms with van der Waals surface area (Å²) >= 11 is 0. The number of carbonyl (C=O) groups excluding carboxylic acids is 3. The molecule has 8 nitrogen and oxygen atoms in total. The fraction of sp³-hybridized carbons (Fsp3) is 0.286. The second kappa shape index (κ2) is 8.64. The first kappa shape index (κ1) is 20.2. The van der Waals surface area contributed by atoms with Gasteiger partial charge in [-0.25, -0.2) is 0 Å². The van der Waals surface area contributed by atoms with Gasteiger partial charge in [-0.05, 0) is 42.8 Å². The van der Waals surface area contributed by atoms with Gasteiger partial charge in [0.2, 0.25) is 11.8 Å². The predicted molar refractivity (Wildman–Crippen MR) is 108 cm³/mol. The van der Waals surface area contributed by atoms with Crippen LogP contribution in [0.1, 0.15) is 42.7 Å². The van der Waals surface area contributed by atoms with E-state index in [0.717, 1.165) is 5.56 Å². The minimum atomic E-state index is -0.341. The van der Waals surface area contributed by atoms with Crippen molar-refractivity contribution in [2.75, 3.05) is 23.8 Å². The maximum absolute atomic E-state index is 12.8. The van der Waals surface area contributed by atoms with Gasteiger partial charge in [-0.15, -0.1) is 0 Å². The first-order chi connectivity index (χ1) is 13.8. The Labute approximate surface area is 168 Å². The third kappa shape index (κ3) is 5.25. The van der Waals surface area contributed by atoms with Gasteiger partial charge in [0.05, 0.1) is 6.04 Å². The van der Waals surface area contributed by atoms with Crippen LogP contribution < -0.4 is 25.4 Å². The van der Waals surface area contributed by atoms with Crippen molar-refractivity contribution < 1.29 is 23.9 Å². The number of nitrogens with one attached hydrogen (secondary N) is 3. The van der Waals surface area contributed by atoms with Crippen LogP contribution >= 0.6 is 0 Å². The standard InChI is InChI=1S/C21H23N3O5/c1-12(15-4-5-19-20(10-15)29-7-6-28-19)22-21(27)16-8-17(23-13(2)25)11-18(9-16)24-14(3)26/h4-5,8-12H,6-7H2,1-3H3,(H,22,27)(H,23,25)(H,24,26)/t12-/m1/s1. The highest BCUT2D eigenvalue weighted by Crippen LogP contribution is 2.32. The highest BCUT2D eigenvalue weighted by Gasteiger charge is 2.17. The Morgan fingerprint density at radius 1 is 0.862 bits per heavy atom. The van der Waals surface area contributed by atoms with Crippen LogP contribution in [-0.2, 0) is 9.59 Å². The predicted octanol–water partition coefficient (Wildman–Crippen LogP) is 2.87. The molecule has 0 aliphatic carbocycles. The Hall–Kier alpha value is -3.55. The summed E-state index contributed by atoms with van der Waals surface area (Å²) in [5.41, 5.74) is 2.01. The summed E-state index contributed by atoms with van der Waals surface area (Å²) in [6, 6.07) is 9.93. The molecule has 3 amide bonds. The normalized spacial score (nSPS) is 13.2. The van der Waals surface area contributed by atoms with Crippen molar-refractivity contribution >= 4 is 29.1 Å². The summed E-state index contributed by atoms with van der Waals surface area (Å²) in [6.45, 7) is 5.60. The van der Waals surface area contributed by atoms with Gasteiger partial charge in [0.1, 0.15) is 13.2 Å². The van der Waals surface area contributed by atoms with Crippen molar-refractivity contribution in [3.8, 4) is 11.5 Å². The van der Waals surface area contributed by atoms with E-state index in [1.165, 1.54) is 13.8 Å². The van der Waals surface area contributed by atoms with Crippen LogP contribution in [-0.4, -0.2) is 30.9 Å². The Morgan fingerprint density at radius 3 is 2.03 bits per heavy atom. The summed E-state index contributed by atoms with van der Waals surface area (Å²) in [5, 5.41) is 8.18. The molecule has 152 valence electrons. The molecule has 1 aliphatic heterocycles. The van der Waals surface area contributed by atoms with E-state index >= 15 is 0 Å². The van der Waals surface area contributed by atoms with Crippen molar-refractivity contribution in [3.63, 3.8) is 0 Å². The molecule has 1 heterocycles. The molecule has 1 aliphatic rings. The topological polar surface area (TPSA) is 106 Å². The van der Waals surface area contributed by atoms with E-state index in [1.807, 2.05) is 25.1 Å². The van der Waals surface area contributed by atoms with E-state index < -0.39 is 0 Å². The molecule has 0 saturated heterocycles. The van der Waals surface area contributed by atoms with Crippen molar-refractivity contribution in [2.24, 2.45) is 0 Å². The monoisotopic (exact) mass is 397 g/mol. The van der Waals surface area contributed by atoms with Crippen molar-refractivity contribution in [1.82, 2.24) is 5.32 Å². The Bertz CT molecular complexity index is 923. The molecule has 0 bridgehead atoms.